The van der Waals surface area contributed by atoms with Crippen LogP contribution in [-0.2, 0) is 23.8 Å². The molecule has 0 radical (unpaired) electrons. The van der Waals surface area contributed by atoms with Crippen LogP contribution in [0.25, 0.3) is 10.4 Å². The molecule has 12 heteroatoms. The van der Waals surface area contributed by atoms with Crippen LogP contribution in [-0.4, -0.2) is 56.6 Å². The van der Waals surface area contributed by atoms with Crippen LogP contribution in [0.1, 0.15) is 25.3 Å². The van der Waals surface area contributed by atoms with Gasteiger partial charge in [0.1, 0.15) is 0 Å². The number of azide groups is 1. The van der Waals surface area contributed by atoms with Crippen LogP contribution < -0.4 is 5.32 Å². The average molecular weight is 499 g/mol. The van der Waals surface area contributed by atoms with Crippen molar-refractivity contribution in [2.24, 2.45) is 5.11 Å². The molecule has 0 saturated carbocycles. The van der Waals surface area contributed by atoms with Gasteiger partial charge < -0.3 is 24.6 Å². The summed E-state index contributed by atoms with van der Waals surface area (Å²) in [5.41, 5.74) is 9.77. The number of carbonyl (C=O) groups is 2. The summed E-state index contributed by atoms with van der Waals surface area (Å²) in [7, 11) is 1.23. The van der Waals surface area contributed by atoms with Crippen LogP contribution >= 0.6 is 23.2 Å². The number of benzene rings is 1. The largest absolute Gasteiger partial charge is 0.466 e. The number of rotatable bonds is 10. The Morgan fingerprint density at radius 3 is 2.67 bits per heavy atom. The molecule has 0 aromatic heterocycles. The Labute approximate surface area is 200 Å². The number of aliphatic hydroxyl groups excluding tert-OH is 1. The van der Waals surface area contributed by atoms with Gasteiger partial charge >= 0.3 is 11.9 Å². The van der Waals surface area contributed by atoms with Gasteiger partial charge in [-0.2, -0.15) is 0 Å². The number of halogens is 2. The molecule has 178 valence electrons. The molecular formula is C21H24Cl2N4O6. The predicted molar refractivity (Wildman–Crippen MR) is 122 cm³/mol. The van der Waals surface area contributed by atoms with Gasteiger partial charge in [-0.15, -0.1) is 0 Å². The molecule has 1 heterocycles. The average Bonchev–Trinajstić information content (AvgIpc) is 2.78. The first-order valence-corrected chi connectivity index (χ1v) is 10.7. The van der Waals surface area contributed by atoms with E-state index in [1.54, 1.807) is 32.0 Å². The van der Waals surface area contributed by atoms with Gasteiger partial charge in [0, 0.05) is 10.6 Å². The lowest BCUT2D eigenvalue weighted by Gasteiger charge is -2.32. The summed E-state index contributed by atoms with van der Waals surface area (Å²) in [6.45, 7) is 2.93. The highest BCUT2D eigenvalue weighted by atomic mass is 35.5. The molecule has 10 nitrogen and oxygen atoms in total. The van der Waals surface area contributed by atoms with Crippen LogP contribution in [0.4, 0.5) is 0 Å². The van der Waals surface area contributed by atoms with E-state index in [1.807, 2.05) is 0 Å². The number of dihydropyridines is 1. The van der Waals surface area contributed by atoms with E-state index >= 15 is 0 Å². The third-order valence-electron chi connectivity index (χ3n) is 4.75. The maximum atomic E-state index is 13.1. The zero-order valence-electron chi connectivity index (χ0n) is 18.3. The fourth-order valence-corrected chi connectivity index (χ4v) is 3.79. The summed E-state index contributed by atoms with van der Waals surface area (Å²) in [4.78, 5) is 28.4. The Balaban J connectivity index is 2.58. The van der Waals surface area contributed by atoms with Gasteiger partial charge in [0.25, 0.3) is 0 Å². The van der Waals surface area contributed by atoms with Crippen molar-refractivity contribution in [3.05, 3.63) is 66.8 Å². The lowest BCUT2D eigenvalue weighted by atomic mass is 9.80. The molecule has 33 heavy (non-hydrogen) atoms. The number of allylic oxidation sites excluding steroid dienone is 1. The smallest absolute Gasteiger partial charge is 0.336 e. The van der Waals surface area contributed by atoms with E-state index < -0.39 is 24.0 Å². The lowest BCUT2D eigenvalue weighted by Crippen LogP contribution is -2.35. The number of esters is 2. The number of carbonyl (C=O) groups excluding carboxylic acids is 2. The Hall–Kier alpha value is -2.75. The SMILES string of the molecule is CCOC(=O)C1=C(COCC(O)CN=[N+]=[N-])NC(C)=C(C(=O)OC)C1c1cccc(Cl)c1Cl. The summed E-state index contributed by atoms with van der Waals surface area (Å²) >= 11 is 12.7. The van der Waals surface area contributed by atoms with Gasteiger partial charge in [-0.05, 0) is 31.0 Å². The van der Waals surface area contributed by atoms with Crippen molar-refractivity contribution in [3.63, 3.8) is 0 Å². The minimum absolute atomic E-state index is 0.0909. The zero-order chi connectivity index (χ0) is 24.5. The number of ether oxygens (including phenoxy) is 3. The van der Waals surface area contributed by atoms with Crippen molar-refractivity contribution < 1.29 is 28.9 Å². The number of aliphatic hydroxyl groups is 1. The van der Waals surface area contributed by atoms with Crippen molar-refractivity contribution >= 4 is 35.1 Å². The van der Waals surface area contributed by atoms with Gasteiger partial charge in [-0.25, -0.2) is 9.59 Å². The zero-order valence-corrected chi connectivity index (χ0v) is 19.8. The minimum Gasteiger partial charge on any atom is -0.466 e. The Morgan fingerprint density at radius 2 is 2.03 bits per heavy atom. The van der Waals surface area contributed by atoms with E-state index in [0.29, 0.717) is 17.0 Å². The van der Waals surface area contributed by atoms with E-state index in [-0.39, 0.29) is 47.6 Å². The molecule has 2 N–H and O–H groups in total. The molecule has 1 aromatic rings. The predicted octanol–water partition coefficient (Wildman–Crippen LogP) is 3.63. The van der Waals surface area contributed by atoms with Crippen LogP contribution in [0, 0.1) is 0 Å². The fraction of sp³-hybridized carbons (Fsp3) is 0.429. The summed E-state index contributed by atoms with van der Waals surface area (Å²) < 4.78 is 15.8. The summed E-state index contributed by atoms with van der Waals surface area (Å²) in [6, 6.07) is 4.90. The van der Waals surface area contributed by atoms with Gasteiger partial charge in [0.15, 0.2) is 0 Å². The number of methoxy groups -OCH3 is 1. The van der Waals surface area contributed by atoms with Gasteiger partial charge in [-0.1, -0.05) is 40.4 Å². The molecule has 0 aliphatic carbocycles. The minimum atomic E-state index is -1.03. The third-order valence-corrected chi connectivity index (χ3v) is 5.58. The standard InChI is InChI=1S/C21H24Cl2N4O6/c1-4-33-21(30)18-15(10-32-9-12(28)8-25-27-24)26-11(2)16(20(29)31-3)17(18)13-6-5-7-14(22)19(13)23/h5-7,12,17,26,28H,4,8-10H2,1-3H3. The topological polar surface area (TPSA) is 143 Å². The molecular weight excluding hydrogens is 475 g/mol. The summed E-state index contributed by atoms with van der Waals surface area (Å²) in [6.07, 6.45) is -1.03. The molecule has 1 aromatic carbocycles. The van der Waals surface area contributed by atoms with E-state index in [2.05, 4.69) is 15.3 Å². The Morgan fingerprint density at radius 1 is 1.30 bits per heavy atom. The third kappa shape index (κ3) is 6.40. The molecule has 1 aliphatic heterocycles. The fourth-order valence-electron chi connectivity index (χ4n) is 3.38. The normalized spacial score (nSPS) is 16.6. The second-order valence-electron chi connectivity index (χ2n) is 6.93. The molecule has 0 spiro atoms. The summed E-state index contributed by atoms with van der Waals surface area (Å²) in [5, 5.41) is 16.6. The van der Waals surface area contributed by atoms with Gasteiger partial charge in [0.05, 0.1) is 72.4 Å². The maximum Gasteiger partial charge on any atom is 0.336 e. The molecule has 0 amide bonds. The molecule has 0 fully saturated rings. The van der Waals surface area contributed by atoms with Crippen molar-refractivity contribution in [3.8, 4) is 0 Å². The van der Waals surface area contributed by atoms with Crippen LogP contribution in [0.2, 0.25) is 10.0 Å². The quantitative estimate of drug-likeness (QED) is 0.217. The molecule has 2 unspecified atom stereocenters. The number of nitrogens with one attached hydrogen (secondary N) is 1. The molecule has 2 atom stereocenters. The van der Waals surface area contributed by atoms with Crippen LogP contribution in [0.5, 0.6) is 0 Å². The number of nitrogens with zero attached hydrogens (tertiary/aromatic N) is 3. The van der Waals surface area contributed by atoms with E-state index in [9.17, 15) is 14.7 Å². The van der Waals surface area contributed by atoms with Crippen molar-refractivity contribution in [2.75, 3.05) is 33.5 Å². The number of hydrogen-bond donors (Lipinski definition) is 2. The van der Waals surface area contributed by atoms with E-state index in [0.717, 1.165) is 0 Å². The lowest BCUT2D eigenvalue weighted by molar-refractivity contribution is -0.139. The molecule has 2 rings (SSSR count). The molecule has 1 aliphatic rings. The second kappa shape index (κ2) is 12.5. The second-order valence-corrected chi connectivity index (χ2v) is 7.71. The van der Waals surface area contributed by atoms with Gasteiger partial charge in [0.2, 0.25) is 0 Å². The Kier molecular flexibility index (Phi) is 10.0. The Bertz CT molecular complexity index is 1020. The first-order chi connectivity index (χ1) is 15.8. The highest BCUT2D eigenvalue weighted by Gasteiger charge is 2.40. The van der Waals surface area contributed by atoms with E-state index in [4.69, 9.17) is 42.9 Å². The van der Waals surface area contributed by atoms with Crippen molar-refractivity contribution in [1.29, 1.82) is 0 Å². The number of hydrogen-bond acceptors (Lipinski definition) is 8. The first-order valence-electron chi connectivity index (χ1n) is 9.93. The summed E-state index contributed by atoms with van der Waals surface area (Å²) in [5.74, 6) is -2.29. The maximum absolute atomic E-state index is 13.1. The highest BCUT2D eigenvalue weighted by Crippen LogP contribution is 2.43. The highest BCUT2D eigenvalue weighted by molar-refractivity contribution is 6.42. The first kappa shape index (κ1) is 26.5. The van der Waals surface area contributed by atoms with Gasteiger partial charge in [-0.3, -0.25) is 0 Å². The van der Waals surface area contributed by atoms with Crippen molar-refractivity contribution in [2.45, 2.75) is 25.9 Å². The van der Waals surface area contributed by atoms with Crippen molar-refractivity contribution in [1.82, 2.24) is 5.32 Å². The van der Waals surface area contributed by atoms with E-state index in [1.165, 1.54) is 7.11 Å². The molecule has 0 bridgehead atoms. The molecule has 0 saturated heterocycles. The monoisotopic (exact) mass is 498 g/mol. The van der Waals surface area contributed by atoms with Crippen LogP contribution in [0.15, 0.2) is 45.9 Å². The van der Waals surface area contributed by atoms with Crippen LogP contribution in [0.3, 0.4) is 0 Å².